The molecule has 1 atom stereocenters. The van der Waals surface area contributed by atoms with Gasteiger partial charge in [0.25, 0.3) is 5.78 Å². The first-order valence-corrected chi connectivity index (χ1v) is 11.6. The molecule has 0 bridgehead atoms. The number of anilines is 1. The molecular weight excluding hydrogens is 464 g/mol. The smallest absolute Gasteiger partial charge is 0.301 e. The van der Waals surface area contributed by atoms with Crippen molar-refractivity contribution in [2.75, 3.05) is 18.6 Å². The van der Waals surface area contributed by atoms with Crippen LogP contribution in [-0.4, -0.2) is 41.8 Å². The number of carbonyl (C=O) groups is 2. The molecule has 9 nitrogen and oxygen atoms in total. The Morgan fingerprint density at radius 3 is 2.42 bits per heavy atom. The number of aromatic nitrogens is 1. The Morgan fingerprint density at radius 1 is 1.11 bits per heavy atom. The molecule has 0 radical (unpaired) electrons. The van der Waals surface area contributed by atoms with E-state index < -0.39 is 17.7 Å². The summed E-state index contributed by atoms with van der Waals surface area (Å²) in [4.78, 5) is 27.7. The van der Waals surface area contributed by atoms with E-state index in [1.165, 1.54) is 12.0 Å². The van der Waals surface area contributed by atoms with Crippen LogP contribution in [0.2, 0.25) is 0 Å². The highest BCUT2D eigenvalue weighted by Crippen LogP contribution is 2.44. The highest BCUT2D eigenvalue weighted by atomic mass is 16.5. The minimum absolute atomic E-state index is 0.0182. The van der Waals surface area contributed by atoms with Gasteiger partial charge in [-0.1, -0.05) is 11.2 Å². The number of rotatable bonds is 8. The number of amides is 1. The molecular formula is C27H28N2O7. The van der Waals surface area contributed by atoms with Gasteiger partial charge in [-0.15, -0.1) is 0 Å². The average molecular weight is 493 g/mol. The number of benzene rings is 2. The van der Waals surface area contributed by atoms with Crippen molar-refractivity contribution < 1.29 is 33.4 Å². The van der Waals surface area contributed by atoms with Gasteiger partial charge in [0.15, 0.2) is 17.3 Å². The van der Waals surface area contributed by atoms with Crippen LogP contribution in [0.5, 0.6) is 17.2 Å². The fourth-order valence-corrected chi connectivity index (χ4v) is 4.10. The molecule has 1 aromatic heterocycles. The zero-order valence-electron chi connectivity index (χ0n) is 20.8. The zero-order valence-corrected chi connectivity index (χ0v) is 20.8. The molecule has 36 heavy (non-hydrogen) atoms. The van der Waals surface area contributed by atoms with Crippen molar-refractivity contribution in [3.05, 3.63) is 71.0 Å². The lowest BCUT2D eigenvalue weighted by Crippen LogP contribution is -2.29. The van der Waals surface area contributed by atoms with Gasteiger partial charge in [-0.25, -0.2) is 0 Å². The van der Waals surface area contributed by atoms with Crippen LogP contribution >= 0.6 is 0 Å². The molecule has 1 N–H and O–H groups in total. The molecule has 0 unspecified atom stereocenters. The average Bonchev–Trinajstić information content (AvgIpc) is 3.39. The van der Waals surface area contributed by atoms with E-state index in [0.717, 1.165) is 0 Å². The SMILES string of the molecule is CCOc1ccc([C@H]2C(=C(O)c3ccc(OC(C)C)cc3)C(=O)C(=O)N2c2cc(C)on2)cc1OC. The van der Waals surface area contributed by atoms with Gasteiger partial charge in [0.05, 0.1) is 31.4 Å². The van der Waals surface area contributed by atoms with Crippen LogP contribution in [0.4, 0.5) is 5.82 Å². The van der Waals surface area contributed by atoms with Crippen molar-refractivity contribution in [2.45, 2.75) is 39.8 Å². The third-order valence-corrected chi connectivity index (χ3v) is 5.61. The Kier molecular flexibility index (Phi) is 7.00. The van der Waals surface area contributed by atoms with Gasteiger partial charge in [0.2, 0.25) is 0 Å². The Morgan fingerprint density at radius 2 is 1.83 bits per heavy atom. The maximum absolute atomic E-state index is 13.3. The lowest BCUT2D eigenvalue weighted by atomic mass is 9.95. The van der Waals surface area contributed by atoms with E-state index in [-0.39, 0.29) is 23.3 Å². The lowest BCUT2D eigenvalue weighted by molar-refractivity contribution is -0.132. The second-order valence-electron chi connectivity index (χ2n) is 8.50. The molecule has 3 aromatic rings. The maximum Gasteiger partial charge on any atom is 0.301 e. The minimum Gasteiger partial charge on any atom is -0.507 e. The van der Waals surface area contributed by atoms with Crippen LogP contribution in [0, 0.1) is 6.92 Å². The monoisotopic (exact) mass is 492 g/mol. The van der Waals surface area contributed by atoms with Gasteiger partial charge >= 0.3 is 5.91 Å². The van der Waals surface area contributed by atoms with Gasteiger partial charge in [-0.2, -0.15) is 0 Å². The second kappa shape index (κ2) is 10.2. The van der Waals surface area contributed by atoms with Gasteiger partial charge in [-0.3, -0.25) is 14.5 Å². The molecule has 1 saturated heterocycles. The molecule has 1 aliphatic heterocycles. The predicted octanol–water partition coefficient (Wildman–Crippen LogP) is 4.80. The van der Waals surface area contributed by atoms with Crippen LogP contribution in [0.25, 0.3) is 5.76 Å². The summed E-state index contributed by atoms with van der Waals surface area (Å²) < 4.78 is 21.9. The van der Waals surface area contributed by atoms with E-state index in [1.54, 1.807) is 55.5 Å². The van der Waals surface area contributed by atoms with Crippen molar-refractivity contribution in [3.8, 4) is 17.2 Å². The first kappa shape index (κ1) is 24.8. The number of aryl methyl sites for hydroxylation is 1. The van der Waals surface area contributed by atoms with Crippen LogP contribution in [0.15, 0.2) is 58.6 Å². The quantitative estimate of drug-likeness (QED) is 0.271. The van der Waals surface area contributed by atoms with Gasteiger partial charge in [-0.05, 0) is 69.7 Å². The van der Waals surface area contributed by atoms with E-state index in [2.05, 4.69) is 5.16 Å². The lowest BCUT2D eigenvalue weighted by Gasteiger charge is -2.23. The summed E-state index contributed by atoms with van der Waals surface area (Å²) in [6, 6.07) is 12.3. The number of Topliss-reactive ketones (excluding diaryl/α,β-unsaturated/α-hetero) is 1. The minimum atomic E-state index is -0.981. The van der Waals surface area contributed by atoms with Crippen LogP contribution in [0.3, 0.4) is 0 Å². The van der Waals surface area contributed by atoms with Crippen molar-refractivity contribution in [3.63, 3.8) is 0 Å². The number of hydrogen-bond acceptors (Lipinski definition) is 8. The summed E-state index contributed by atoms with van der Waals surface area (Å²) in [5, 5.41) is 15.2. The number of ketones is 1. The number of nitrogens with zero attached hydrogens (tertiary/aromatic N) is 2. The Bertz CT molecular complexity index is 1310. The third-order valence-electron chi connectivity index (χ3n) is 5.61. The summed E-state index contributed by atoms with van der Waals surface area (Å²) in [5.41, 5.74) is 0.809. The largest absolute Gasteiger partial charge is 0.507 e. The summed E-state index contributed by atoms with van der Waals surface area (Å²) in [7, 11) is 1.50. The molecule has 1 amide bonds. The Balaban J connectivity index is 1.88. The van der Waals surface area contributed by atoms with Crippen molar-refractivity contribution in [2.24, 2.45) is 0 Å². The number of hydrogen-bond donors (Lipinski definition) is 1. The zero-order chi connectivity index (χ0) is 26.0. The third kappa shape index (κ3) is 4.64. The summed E-state index contributed by atoms with van der Waals surface area (Å²) in [6.45, 7) is 7.79. The first-order valence-electron chi connectivity index (χ1n) is 11.6. The number of methoxy groups -OCH3 is 1. The number of aliphatic hydroxyl groups is 1. The first-order chi connectivity index (χ1) is 17.2. The van der Waals surface area contributed by atoms with Gasteiger partial charge in [0, 0.05) is 11.6 Å². The Labute approximate surface area is 208 Å². The van der Waals surface area contributed by atoms with Crippen LogP contribution in [0.1, 0.15) is 43.7 Å². The molecule has 1 fully saturated rings. The molecule has 4 rings (SSSR count). The summed E-state index contributed by atoms with van der Waals surface area (Å²) >= 11 is 0. The highest BCUT2D eigenvalue weighted by molar-refractivity contribution is 6.51. The topological polar surface area (TPSA) is 111 Å². The molecule has 188 valence electrons. The predicted molar refractivity (Wildman–Crippen MR) is 132 cm³/mol. The maximum atomic E-state index is 13.3. The van der Waals surface area contributed by atoms with E-state index >= 15 is 0 Å². The molecule has 1 aliphatic rings. The number of ether oxygens (including phenoxy) is 3. The highest BCUT2D eigenvalue weighted by Gasteiger charge is 2.48. The number of carbonyl (C=O) groups excluding carboxylic acids is 2. The second-order valence-corrected chi connectivity index (χ2v) is 8.50. The van der Waals surface area contributed by atoms with E-state index in [1.807, 2.05) is 20.8 Å². The van der Waals surface area contributed by atoms with Crippen LogP contribution < -0.4 is 19.1 Å². The normalized spacial score (nSPS) is 17.1. The molecule has 2 heterocycles. The number of aliphatic hydroxyl groups excluding tert-OH is 1. The Hall–Kier alpha value is -4.27. The van der Waals surface area contributed by atoms with Gasteiger partial charge in [0.1, 0.15) is 17.3 Å². The summed E-state index contributed by atoms with van der Waals surface area (Å²) in [6.07, 6.45) is -0.0182. The van der Waals surface area contributed by atoms with Crippen molar-refractivity contribution >= 4 is 23.3 Å². The van der Waals surface area contributed by atoms with Crippen molar-refractivity contribution in [1.82, 2.24) is 5.16 Å². The van der Waals surface area contributed by atoms with E-state index in [4.69, 9.17) is 18.7 Å². The standard InChI is InChI=1S/C27H28N2O7/c1-6-34-20-12-9-18(14-21(20)33-5)24-23(25(30)17-7-10-19(11-8-17)35-15(2)3)26(31)27(32)29(24)22-13-16(4)36-28-22/h7-15,24,30H,6H2,1-5H3/t24-/m0/s1. The fraction of sp³-hybridized carbons (Fsp3) is 0.296. The molecule has 0 aliphatic carbocycles. The van der Waals surface area contributed by atoms with Crippen LogP contribution in [-0.2, 0) is 9.59 Å². The molecule has 9 heteroatoms. The molecule has 2 aromatic carbocycles. The fourth-order valence-electron chi connectivity index (χ4n) is 4.10. The molecule has 0 spiro atoms. The van der Waals surface area contributed by atoms with Gasteiger partial charge < -0.3 is 23.8 Å². The van der Waals surface area contributed by atoms with Crippen molar-refractivity contribution in [1.29, 1.82) is 0 Å². The van der Waals surface area contributed by atoms with E-state index in [0.29, 0.717) is 40.7 Å². The van der Waals surface area contributed by atoms with E-state index in [9.17, 15) is 14.7 Å². The summed E-state index contributed by atoms with van der Waals surface area (Å²) in [5.74, 6) is 0.196. The molecule has 0 saturated carbocycles.